The number of halogens is 2. The van der Waals surface area contributed by atoms with Gasteiger partial charge in [0.15, 0.2) is 0 Å². The Hall–Kier alpha value is -1.58. The van der Waals surface area contributed by atoms with E-state index in [4.69, 9.17) is 17.3 Å². The first-order valence-corrected chi connectivity index (χ1v) is 7.26. The summed E-state index contributed by atoms with van der Waals surface area (Å²) in [5.41, 5.74) is 10.2. The molecule has 0 saturated heterocycles. The second kappa shape index (κ2) is 6.46. The van der Waals surface area contributed by atoms with Gasteiger partial charge in [0, 0.05) is 19.3 Å². The summed E-state index contributed by atoms with van der Waals surface area (Å²) in [6.07, 6.45) is 0. The molecule has 1 unspecified atom stereocenters. The molecule has 0 heterocycles. The van der Waals surface area contributed by atoms with Crippen LogP contribution in [0, 0.1) is 19.7 Å². The number of aryl methyl sites for hydroxylation is 2. The summed E-state index contributed by atoms with van der Waals surface area (Å²) in [5, 5.41) is 0.128. The molecule has 2 nitrogen and oxygen atoms in total. The Labute approximate surface area is 130 Å². The molecule has 1 atom stereocenters. The van der Waals surface area contributed by atoms with Crippen molar-refractivity contribution in [3.8, 4) is 0 Å². The van der Waals surface area contributed by atoms with Crippen LogP contribution in [-0.4, -0.2) is 13.6 Å². The molecule has 0 bridgehead atoms. The molecule has 112 valence electrons. The lowest BCUT2D eigenvalue weighted by Gasteiger charge is -2.30. The fourth-order valence-corrected chi connectivity index (χ4v) is 2.69. The van der Waals surface area contributed by atoms with Gasteiger partial charge in [0.2, 0.25) is 0 Å². The molecule has 21 heavy (non-hydrogen) atoms. The number of benzene rings is 2. The van der Waals surface area contributed by atoms with E-state index in [1.165, 1.54) is 17.2 Å². The number of nitrogens with zero attached hydrogens (tertiary/aromatic N) is 1. The molecule has 0 aromatic heterocycles. The van der Waals surface area contributed by atoms with E-state index in [9.17, 15) is 4.39 Å². The van der Waals surface area contributed by atoms with Crippen molar-refractivity contribution in [2.24, 2.45) is 5.73 Å². The van der Waals surface area contributed by atoms with Crippen molar-refractivity contribution in [3.05, 3.63) is 63.9 Å². The van der Waals surface area contributed by atoms with Crippen LogP contribution in [0.4, 0.5) is 10.1 Å². The normalized spacial score (nSPS) is 12.3. The average molecular weight is 307 g/mol. The topological polar surface area (TPSA) is 29.3 Å². The van der Waals surface area contributed by atoms with Crippen LogP contribution in [-0.2, 0) is 0 Å². The Morgan fingerprint density at radius 2 is 1.76 bits per heavy atom. The van der Waals surface area contributed by atoms with Crippen molar-refractivity contribution >= 4 is 17.3 Å². The maximum atomic E-state index is 13.7. The molecule has 0 radical (unpaired) electrons. The Morgan fingerprint density at radius 3 is 2.29 bits per heavy atom. The molecule has 0 amide bonds. The van der Waals surface area contributed by atoms with Crippen LogP contribution in [0.2, 0.25) is 5.02 Å². The second-order valence-electron chi connectivity index (χ2n) is 5.38. The summed E-state index contributed by atoms with van der Waals surface area (Å²) >= 11 is 5.75. The Bertz CT molecular complexity index is 622. The Kier molecular flexibility index (Phi) is 4.86. The van der Waals surface area contributed by atoms with Crippen LogP contribution in [0.5, 0.6) is 0 Å². The van der Waals surface area contributed by atoms with Crippen LogP contribution in [0.25, 0.3) is 0 Å². The van der Waals surface area contributed by atoms with Gasteiger partial charge in [-0.1, -0.05) is 23.7 Å². The van der Waals surface area contributed by atoms with Crippen molar-refractivity contribution in [1.29, 1.82) is 0 Å². The summed E-state index contributed by atoms with van der Waals surface area (Å²) in [6, 6.07) is 11.1. The fraction of sp³-hybridized carbons (Fsp3) is 0.294. The molecular formula is C17H20ClFN2. The fourth-order valence-electron chi connectivity index (χ4n) is 2.57. The van der Waals surface area contributed by atoms with Gasteiger partial charge in [-0.15, -0.1) is 0 Å². The number of rotatable bonds is 4. The van der Waals surface area contributed by atoms with Crippen molar-refractivity contribution in [2.45, 2.75) is 19.9 Å². The number of hydrogen-bond acceptors (Lipinski definition) is 2. The first-order chi connectivity index (χ1) is 9.92. The van der Waals surface area contributed by atoms with Crippen LogP contribution >= 0.6 is 11.6 Å². The van der Waals surface area contributed by atoms with Gasteiger partial charge in [-0.2, -0.15) is 0 Å². The Balaban J connectivity index is 2.37. The maximum absolute atomic E-state index is 13.7. The molecule has 0 aliphatic heterocycles. The molecule has 0 fully saturated rings. The van der Waals surface area contributed by atoms with Crippen molar-refractivity contribution in [2.75, 3.05) is 18.5 Å². The number of nitrogens with two attached hydrogens (primary N) is 1. The van der Waals surface area contributed by atoms with Gasteiger partial charge in [0.1, 0.15) is 5.82 Å². The predicted molar refractivity (Wildman–Crippen MR) is 87.5 cm³/mol. The average Bonchev–Trinajstić information content (AvgIpc) is 2.42. The van der Waals surface area contributed by atoms with Crippen molar-refractivity contribution < 1.29 is 4.39 Å². The molecule has 0 saturated carbocycles. The summed E-state index contributed by atoms with van der Waals surface area (Å²) in [5.74, 6) is -0.415. The van der Waals surface area contributed by atoms with Crippen LogP contribution in [0.3, 0.4) is 0 Å². The number of anilines is 1. The van der Waals surface area contributed by atoms with Gasteiger partial charge in [-0.05, 0) is 54.8 Å². The summed E-state index contributed by atoms with van der Waals surface area (Å²) < 4.78 is 13.7. The highest BCUT2D eigenvalue weighted by Gasteiger charge is 2.17. The van der Waals surface area contributed by atoms with E-state index in [2.05, 4.69) is 36.9 Å². The SMILES string of the molecule is Cc1cc(C)cc(N(C)C(CN)c2ccc(Cl)c(F)c2)c1. The lowest BCUT2D eigenvalue weighted by molar-refractivity contribution is 0.615. The van der Waals surface area contributed by atoms with E-state index in [1.807, 2.05) is 13.1 Å². The zero-order valence-electron chi connectivity index (χ0n) is 12.5. The van der Waals surface area contributed by atoms with Gasteiger partial charge in [0.05, 0.1) is 11.1 Å². The molecule has 0 aliphatic carbocycles. The standard InChI is InChI=1S/C17H20ClFN2/c1-11-6-12(2)8-14(7-11)21(3)17(10-20)13-4-5-15(18)16(19)9-13/h4-9,17H,10,20H2,1-3H3. The Morgan fingerprint density at radius 1 is 1.14 bits per heavy atom. The van der Waals surface area contributed by atoms with Crippen LogP contribution < -0.4 is 10.6 Å². The van der Waals surface area contributed by atoms with Crippen LogP contribution in [0.15, 0.2) is 36.4 Å². The van der Waals surface area contributed by atoms with E-state index in [0.717, 1.165) is 11.3 Å². The first kappa shape index (κ1) is 15.8. The minimum Gasteiger partial charge on any atom is -0.366 e. The van der Waals surface area contributed by atoms with E-state index in [1.54, 1.807) is 6.07 Å². The van der Waals surface area contributed by atoms with E-state index < -0.39 is 5.82 Å². The third-order valence-electron chi connectivity index (χ3n) is 3.63. The molecule has 2 aromatic carbocycles. The van der Waals surface area contributed by atoms with Gasteiger partial charge in [0.25, 0.3) is 0 Å². The van der Waals surface area contributed by atoms with Crippen molar-refractivity contribution in [3.63, 3.8) is 0 Å². The third kappa shape index (κ3) is 3.55. The molecule has 0 aliphatic rings. The maximum Gasteiger partial charge on any atom is 0.142 e. The molecule has 2 N–H and O–H groups in total. The zero-order chi connectivity index (χ0) is 15.6. The molecule has 2 aromatic rings. The smallest absolute Gasteiger partial charge is 0.142 e. The molecule has 2 rings (SSSR count). The summed E-state index contributed by atoms with van der Waals surface area (Å²) in [6.45, 7) is 4.51. The largest absolute Gasteiger partial charge is 0.366 e. The minimum absolute atomic E-state index is 0.0991. The predicted octanol–water partition coefficient (Wildman–Crippen LogP) is 4.23. The van der Waals surface area contributed by atoms with E-state index in [-0.39, 0.29) is 11.1 Å². The first-order valence-electron chi connectivity index (χ1n) is 6.88. The molecule has 4 heteroatoms. The van der Waals surface area contributed by atoms with Gasteiger partial charge in [-0.25, -0.2) is 4.39 Å². The summed E-state index contributed by atoms with van der Waals surface area (Å²) in [4.78, 5) is 2.07. The lowest BCUT2D eigenvalue weighted by Crippen LogP contribution is -2.30. The molecular weight excluding hydrogens is 287 g/mol. The highest BCUT2D eigenvalue weighted by molar-refractivity contribution is 6.30. The van der Waals surface area contributed by atoms with E-state index in [0.29, 0.717) is 6.54 Å². The number of likely N-dealkylation sites (N-methyl/N-ethyl adjacent to an activating group) is 1. The highest BCUT2D eigenvalue weighted by Crippen LogP contribution is 2.28. The lowest BCUT2D eigenvalue weighted by atomic mass is 10.0. The van der Waals surface area contributed by atoms with Gasteiger partial charge < -0.3 is 10.6 Å². The zero-order valence-corrected chi connectivity index (χ0v) is 13.3. The molecule has 0 spiro atoms. The van der Waals surface area contributed by atoms with Gasteiger partial charge in [-0.3, -0.25) is 0 Å². The highest BCUT2D eigenvalue weighted by atomic mass is 35.5. The minimum atomic E-state index is -0.415. The van der Waals surface area contributed by atoms with E-state index >= 15 is 0 Å². The monoisotopic (exact) mass is 306 g/mol. The van der Waals surface area contributed by atoms with Gasteiger partial charge >= 0.3 is 0 Å². The second-order valence-corrected chi connectivity index (χ2v) is 5.79. The number of hydrogen-bond donors (Lipinski definition) is 1. The quantitative estimate of drug-likeness (QED) is 0.916. The van der Waals surface area contributed by atoms with Crippen molar-refractivity contribution in [1.82, 2.24) is 0 Å². The third-order valence-corrected chi connectivity index (χ3v) is 3.94. The summed E-state index contributed by atoms with van der Waals surface area (Å²) in [7, 11) is 1.97. The van der Waals surface area contributed by atoms with Crippen LogP contribution in [0.1, 0.15) is 22.7 Å².